The molecule has 0 bridgehead atoms. The third-order valence-electron chi connectivity index (χ3n) is 3.19. The predicted octanol–water partition coefficient (Wildman–Crippen LogP) is 3.56. The van der Waals surface area contributed by atoms with Crippen LogP contribution in [0, 0.1) is 0 Å². The molecule has 0 amide bonds. The normalized spacial score (nSPS) is 11.2. The second-order valence-electron chi connectivity index (χ2n) is 4.28. The highest BCUT2D eigenvalue weighted by molar-refractivity contribution is 6.31. The van der Waals surface area contributed by atoms with Gasteiger partial charge in [0.15, 0.2) is 0 Å². The molecule has 1 aromatic carbocycles. The van der Waals surface area contributed by atoms with E-state index in [0.717, 1.165) is 29.5 Å². The van der Waals surface area contributed by atoms with Crippen LogP contribution in [-0.4, -0.2) is 14.1 Å². The first-order valence-corrected chi connectivity index (χ1v) is 6.40. The zero-order chi connectivity index (χ0) is 12.5. The molecule has 0 N–H and O–H groups in total. The molecule has 0 saturated carbocycles. The van der Waals surface area contributed by atoms with Gasteiger partial charge in [0.2, 0.25) is 0 Å². The summed E-state index contributed by atoms with van der Waals surface area (Å²) < 4.78 is 4.33. The first-order valence-electron chi connectivity index (χ1n) is 6.02. The SMILES string of the molecule is CCn1ccnc1Cn1ccc2ccc(Cl)cc21. The van der Waals surface area contributed by atoms with E-state index in [1.54, 1.807) is 0 Å². The highest BCUT2D eigenvalue weighted by atomic mass is 35.5. The quantitative estimate of drug-likeness (QED) is 0.705. The Hall–Kier alpha value is -1.74. The summed E-state index contributed by atoms with van der Waals surface area (Å²) in [7, 11) is 0. The van der Waals surface area contributed by atoms with E-state index in [2.05, 4.69) is 33.3 Å². The van der Waals surface area contributed by atoms with Crippen LogP contribution in [0.1, 0.15) is 12.7 Å². The van der Waals surface area contributed by atoms with Crippen molar-refractivity contribution in [3.63, 3.8) is 0 Å². The second-order valence-corrected chi connectivity index (χ2v) is 4.71. The molecule has 0 atom stereocenters. The van der Waals surface area contributed by atoms with Crippen LogP contribution in [0.15, 0.2) is 42.9 Å². The monoisotopic (exact) mass is 259 g/mol. The number of imidazole rings is 1. The Labute approximate surface area is 111 Å². The van der Waals surface area contributed by atoms with E-state index in [1.165, 1.54) is 5.39 Å². The average Bonchev–Trinajstić information content (AvgIpc) is 2.97. The molecule has 2 aromatic heterocycles. The van der Waals surface area contributed by atoms with Crippen molar-refractivity contribution in [2.75, 3.05) is 0 Å². The highest BCUT2D eigenvalue weighted by Crippen LogP contribution is 2.21. The minimum Gasteiger partial charge on any atom is -0.340 e. The molecule has 92 valence electrons. The number of fused-ring (bicyclic) bond motifs is 1. The topological polar surface area (TPSA) is 22.8 Å². The summed E-state index contributed by atoms with van der Waals surface area (Å²) in [6.07, 6.45) is 5.93. The van der Waals surface area contributed by atoms with Crippen molar-refractivity contribution in [1.82, 2.24) is 14.1 Å². The maximum absolute atomic E-state index is 6.05. The average molecular weight is 260 g/mol. The van der Waals surface area contributed by atoms with E-state index in [4.69, 9.17) is 11.6 Å². The number of benzene rings is 1. The molecular formula is C14H14ClN3. The van der Waals surface area contributed by atoms with Crippen molar-refractivity contribution in [2.24, 2.45) is 0 Å². The highest BCUT2D eigenvalue weighted by Gasteiger charge is 2.06. The van der Waals surface area contributed by atoms with Gasteiger partial charge < -0.3 is 9.13 Å². The van der Waals surface area contributed by atoms with Crippen LogP contribution >= 0.6 is 11.6 Å². The van der Waals surface area contributed by atoms with Crippen LogP contribution in [0.25, 0.3) is 10.9 Å². The van der Waals surface area contributed by atoms with Crippen LogP contribution in [0.5, 0.6) is 0 Å². The molecule has 4 heteroatoms. The molecule has 0 aliphatic rings. The molecule has 0 saturated heterocycles. The van der Waals surface area contributed by atoms with Crippen molar-refractivity contribution in [3.8, 4) is 0 Å². The van der Waals surface area contributed by atoms with E-state index in [-0.39, 0.29) is 0 Å². The minimum absolute atomic E-state index is 0.765. The molecule has 0 spiro atoms. The van der Waals surface area contributed by atoms with Gasteiger partial charge in [-0.1, -0.05) is 17.7 Å². The molecule has 0 radical (unpaired) electrons. The lowest BCUT2D eigenvalue weighted by Gasteiger charge is -2.07. The molecule has 3 nitrogen and oxygen atoms in total. The van der Waals surface area contributed by atoms with Gasteiger partial charge in [0, 0.05) is 35.7 Å². The number of hydrogen-bond acceptors (Lipinski definition) is 1. The molecule has 3 rings (SSSR count). The van der Waals surface area contributed by atoms with E-state index in [0.29, 0.717) is 0 Å². The Morgan fingerprint density at radius 2 is 2.06 bits per heavy atom. The van der Waals surface area contributed by atoms with Crippen LogP contribution in [-0.2, 0) is 13.1 Å². The van der Waals surface area contributed by atoms with Gasteiger partial charge in [-0.2, -0.15) is 0 Å². The fourth-order valence-electron chi connectivity index (χ4n) is 2.23. The van der Waals surface area contributed by atoms with Crippen molar-refractivity contribution in [2.45, 2.75) is 20.0 Å². The lowest BCUT2D eigenvalue weighted by Crippen LogP contribution is -2.06. The molecule has 18 heavy (non-hydrogen) atoms. The predicted molar refractivity (Wildman–Crippen MR) is 74.0 cm³/mol. The zero-order valence-electron chi connectivity index (χ0n) is 10.2. The minimum atomic E-state index is 0.765. The molecule has 3 aromatic rings. The van der Waals surface area contributed by atoms with E-state index in [1.807, 2.05) is 30.6 Å². The smallest absolute Gasteiger partial charge is 0.128 e. The summed E-state index contributed by atoms with van der Waals surface area (Å²) in [6.45, 7) is 3.83. The van der Waals surface area contributed by atoms with Gasteiger partial charge in [-0.25, -0.2) is 4.98 Å². The van der Waals surface area contributed by atoms with Gasteiger partial charge in [-0.15, -0.1) is 0 Å². The Morgan fingerprint density at radius 3 is 2.89 bits per heavy atom. The number of aryl methyl sites for hydroxylation is 1. The summed E-state index contributed by atoms with van der Waals surface area (Å²) in [4.78, 5) is 4.40. The third kappa shape index (κ3) is 1.91. The van der Waals surface area contributed by atoms with Crippen LogP contribution < -0.4 is 0 Å². The van der Waals surface area contributed by atoms with Gasteiger partial charge >= 0.3 is 0 Å². The van der Waals surface area contributed by atoms with Gasteiger partial charge in [0.05, 0.1) is 6.54 Å². The fraction of sp³-hybridized carbons (Fsp3) is 0.214. The zero-order valence-corrected chi connectivity index (χ0v) is 10.9. The Morgan fingerprint density at radius 1 is 1.17 bits per heavy atom. The number of rotatable bonds is 3. The molecule has 0 aliphatic heterocycles. The summed E-state index contributed by atoms with van der Waals surface area (Å²) in [6, 6.07) is 8.06. The molecule has 2 heterocycles. The summed E-state index contributed by atoms with van der Waals surface area (Å²) in [5.41, 5.74) is 1.15. The largest absolute Gasteiger partial charge is 0.340 e. The molecule has 0 aliphatic carbocycles. The molecular weight excluding hydrogens is 246 g/mol. The third-order valence-corrected chi connectivity index (χ3v) is 3.43. The Kier molecular flexibility index (Phi) is 2.84. The van der Waals surface area contributed by atoms with Gasteiger partial charge in [-0.3, -0.25) is 0 Å². The summed E-state index contributed by atoms with van der Waals surface area (Å²) >= 11 is 6.05. The maximum Gasteiger partial charge on any atom is 0.128 e. The standard InChI is InChI=1S/C14H14ClN3/c1-2-17-8-6-16-14(17)10-18-7-5-11-3-4-12(15)9-13(11)18/h3-9H,2,10H2,1H3. The number of aromatic nitrogens is 3. The summed E-state index contributed by atoms with van der Waals surface area (Å²) in [5.74, 6) is 1.06. The van der Waals surface area contributed by atoms with Gasteiger partial charge in [0.1, 0.15) is 5.82 Å². The number of halogens is 1. The van der Waals surface area contributed by atoms with Crippen LogP contribution in [0.3, 0.4) is 0 Å². The van der Waals surface area contributed by atoms with Crippen molar-refractivity contribution in [1.29, 1.82) is 0 Å². The summed E-state index contributed by atoms with van der Waals surface area (Å²) in [5, 5.41) is 1.97. The van der Waals surface area contributed by atoms with E-state index in [9.17, 15) is 0 Å². The van der Waals surface area contributed by atoms with E-state index < -0.39 is 0 Å². The van der Waals surface area contributed by atoms with E-state index >= 15 is 0 Å². The second kappa shape index (κ2) is 4.50. The Balaban J connectivity index is 2.02. The van der Waals surface area contributed by atoms with Crippen molar-refractivity contribution in [3.05, 3.63) is 53.7 Å². The molecule has 0 unspecified atom stereocenters. The lowest BCUT2D eigenvalue weighted by molar-refractivity contribution is 0.662. The first kappa shape index (κ1) is 11.4. The Bertz CT molecular complexity index is 681. The lowest BCUT2D eigenvalue weighted by atomic mass is 10.2. The fourth-order valence-corrected chi connectivity index (χ4v) is 2.39. The number of nitrogens with zero attached hydrogens (tertiary/aromatic N) is 3. The number of hydrogen-bond donors (Lipinski definition) is 0. The van der Waals surface area contributed by atoms with Gasteiger partial charge in [0.25, 0.3) is 0 Å². The molecule has 0 fully saturated rings. The van der Waals surface area contributed by atoms with Crippen LogP contribution in [0.2, 0.25) is 5.02 Å². The van der Waals surface area contributed by atoms with Crippen molar-refractivity contribution < 1.29 is 0 Å². The van der Waals surface area contributed by atoms with Crippen LogP contribution in [0.4, 0.5) is 0 Å². The maximum atomic E-state index is 6.05. The van der Waals surface area contributed by atoms with Gasteiger partial charge in [-0.05, 0) is 30.5 Å². The van der Waals surface area contributed by atoms with Crippen molar-refractivity contribution >= 4 is 22.5 Å². The first-order chi connectivity index (χ1) is 8.78.